The Morgan fingerprint density at radius 1 is 1.37 bits per heavy atom. The molecule has 2 atom stereocenters. The topological polar surface area (TPSA) is 40.7 Å². The van der Waals surface area contributed by atoms with Gasteiger partial charge in [-0.25, -0.2) is 4.98 Å². The van der Waals surface area contributed by atoms with Crippen molar-refractivity contribution in [1.82, 2.24) is 15.3 Å². The van der Waals surface area contributed by atoms with Gasteiger partial charge in [0.1, 0.15) is 10.5 Å². The lowest BCUT2D eigenvalue weighted by molar-refractivity contribution is 0.613. The first-order valence-electron chi connectivity index (χ1n) is 6.85. The lowest BCUT2D eigenvalue weighted by Crippen LogP contribution is -2.27. The molecule has 2 N–H and O–H groups in total. The van der Waals surface area contributed by atoms with Crippen LogP contribution in [-0.2, 0) is 13.0 Å². The quantitative estimate of drug-likeness (QED) is 0.821. The molecule has 104 valence electrons. The van der Waals surface area contributed by atoms with E-state index in [-0.39, 0.29) is 0 Å². The molecular formula is C13H19N3S3. The molecule has 0 bridgehead atoms. The lowest BCUT2D eigenvalue weighted by atomic mass is 10.1. The molecule has 2 aliphatic heterocycles. The van der Waals surface area contributed by atoms with Crippen LogP contribution in [0.25, 0.3) is 0 Å². The number of H-pyrrole nitrogens is 1. The summed E-state index contributed by atoms with van der Waals surface area (Å²) in [6, 6.07) is 0. The summed E-state index contributed by atoms with van der Waals surface area (Å²) in [5.41, 5.74) is 2.51. The van der Waals surface area contributed by atoms with E-state index >= 15 is 0 Å². The van der Waals surface area contributed by atoms with Crippen molar-refractivity contribution in [2.24, 2.45) is 0 Å². The number of nitrogens with one attached hydrogen (secondary N) is 2. The Kier molecular flexibility index (Phi) is 4.51. The smallest absolute Gasteiger partial charge is 0.134 e. The average Bonchev–Trinajstić information content (AvgIpc) is 2.47. The first-order chi connectivity index (χ1) is 9.29. The Morgan fingerprint density at radius 3 is 3.05 bits per heavy atom. The fourth-order valence-corrected chi connectivity index (χ4v) is 5.98. The summed E-state index contributed by atoms with van der Waals surface area (Å²) in [5, 5.41) is 4.51. The van der Waals surface area contributed by atoms with E-state index in [0.29, 0.717) is 10.5 Å². The minimum Gasteiger partial charge on any atom is -0.346 e. The van der Waals surface area contributed by atoms with Gasteiger partial charge in [-0.2, -0.15) is 11.8 Å². The zero-order valence-electron chi connectivity index (χ0n) is 11.1. The first-order valence-corrected chi connectivity index (χ1v) is 9.36. The van der Waals surface area contributed by atoms with E-state index in [2.05, 4.69) is 29.0 Å². The molecule has 3 rings (SSSR count). The van der Waals surface area contributed by atoms with Crippen molar-refractivity contribution in [2.45, 2.75) is 36.8 Å². The monoisotopic (exact) mass is 313 g/mol. The van der Waals surface area contributed by atoms with Gasteiger partial charge < -0.3 is 10.3 Å². The number of fused-ring (bicyclic) bond motifs is 1. The molecule has 1 fully saturated rings. The van der Waals surface area contributed by atoms with Gasteiger partial charge in [-0.1, -0.05) is 19.1 Å². The van der Waals surface area contributed by atoms with Crippen molar-refractivity contribution in [3.05, 3.63) is 21.7 Å². The molecule has 0 amide bonds. The zero-order chi connectivity index (χ0) is 13.2. The number of aromatic nitrogens is 2. The van der Waals surface area contributed by atoms with Crippen molar-refractivity contribution >= 4 is 35.7 Å². The fraction of sp³-hybridized carbons (Fsp3) is 0.692. The van der Waals surface area contributed by atoms with Crippen LogP contribution >= 0.6 is 35.7 Å². The summed E-state index contributed by atoms with van der Waals surface area (Å²) in [4.78, 5) is 8.28. The molecule has 1 aromatic rings. The molecule has 0 spiro atoms. The number of nitrogens with zero attached hydrogens (tertiary/aromatic N) is 1. The second-order valence-corrected chi connectivity index (χ2v) is 7.90. The van der Waals surface area contributed by atoms with E-state index in [9.17, 15) is 0 Å². The predicted molar refractivity (Wildman–Crippen MR) is 86.6 cm³/mol. The molecule has 2 unspecified atom stereocenters. The van der Waals surface area contributed by atoms with Crippen molar-refractivity contribution in [3.63, 3.8) is 0 Å². The normalized spacial score (nSPS) is 27.0. The molecule has 3 heterocycles. The summed E-state index contributed by atoms with van der Waals surface area (Å²) in [6.07, 6.45) is 2.24. The van der Waals surface area contributed by atoms with Crippen molar-refractivity contribution in [3.8, 4) is 0 Å². The Balaban J connectivity index is 1.96. The second kappa shape index (κ2) is 6.16. The predicted octanol–water partition coefficient (Wildman–Crippen LogP) is 3.08. The third-order valence-corrected chi connectivity index (χ3v) is 7.29. The molecule has 0 aromatic carbocycles. The van der Waals surface area contributed by atoms with E-state index < -0.39 is 0 Å². The highest BCUT2D eigenvalue weighted by Gasteiger charge is 2.29. The highest BCUT2D eigenvalue weighted by molar-refractivity contribution is 8.06. The van der Waals surface area contributed by atoms with Gasteiger partial charge >= 0.3 is 0 Å². The Bertz CT molecular complexity index is 514. The van der Waals surface area contributed by atoms with Crippen LogP contribution in [0, 0.1) is 4.64 Å². The van der Waals surface area contributed by atoms with Crippen LogP contribution in [-0.4, -0.2) is 33.3 Å². The van der Waals surface area contributed by atoms with Crippen LogP contribution in [0.4, 0.5) is 0 Å². The molecule has 0 radical (unpaired) electrons. The van der Waals surface area contributed by atoms with Crippen molar-refractivity contribution < 1.29 is 0 Å². The van der Waals surface area contributed by atoms with E-state index in [1.54, 1.807) is 0 Å². The number of hydrogen-bond acceptors (Lipinski definition) is 5. The maximum atomic E-state index is 5.48. The standard InChI is InChI=1S/C13H19N3S3/c1-2-10-11(19-6-5-18-10)12-15-9-3-4-14-7-8(9)13(17)16-12/h10-11,14H,2-7H2,1H3,(H,15,16,17). The summed E-state index contributed by atoms with van der Waals surface area (Å²) >= 11 is 9.60. The van der Waals surface area contributed by atoms with Gasteiger partial charge in [0.05, 0.1) is 5.25 Å². The van der Waals surface area contributed by atoms with E-state index in [1.165, 1.54) is 29.2 Å². The largest absolute Gasteiger partial charge is 0.346 e. The van der Waals surface area contributed by atoms with Crippen molar-refractivity contribution in [1.29, 1.82) is 0 Å². The van der Waals surface area contributed by atoms with Gasteiger partial charge in [-0.3, -0.25) is 0 Å². The minimum atomic E-state index is 0.477. The number of aromatic amines is 1. The maximum absolute atomic E-state index is 5.48. The van der Waals surface area contributed by atoms with Crippen LogP contribution in [0.1, 0.15) is 35.7 Å². The molecule has 0 aliphatic carbocycles. The second-order valence-electron chi connectivity index (χ2n) is 4.92. The zero-order valence-corrected chi connectivity index (χ0v) is 13.5. The van der Waals surface area contributed by atoms with Gasteiger partial charge in [0.25, 0.3) is 0 Å². The number of rotatable bonds is 2. The molecule has 19 heavy (non-hydrogen) atoms. The van der Waals surface area contributed by atoms with Gasteiger partial charge in [-0.05, 0) is 6.42 Å². The molecule has 1 saturated heterocycles. The highest BCUT2D eigenvalue weighted by Crippen LogP contribution is 2.42. The number of hydrogen-bond donors (Lipinski definition) is 2. The van der Waals surface area contributed by atoms with Gasteiger partial charge in [0, 0.05) is 47.5 Å². The van der Waals surface area contributed by atoms with Crippen LogP contribution in [0.5, 0.6) is 0 Å². The van der Waals surface area contributed by atoms with E-state index in [0.717, 1.165) is 30.0 Å². The molecule has 2 aliphatic rings. The van der Waals surface area contributed by atoms with Gasteiger partial charge in [-0.15, -0.1) is 11.8 Å². The van der Waals surface area contributed by atoms with Crippen LogP contribution in [0.2, 0.25) is 0 Å². The Labute approximate surface area is 127 Å². The van der Waals surface area contributed by atoms with Gasteiger partial charge in [0.15, 0.2) is 0 Å². The molecule has 3 nitrogen and oxygen atoms in total. The third-order valence-electron chi connectivity index (χ3n) is 3.70. The van der Waals surface area contributed by atoms with Crippen LogP contribution < -0.4 is 5.32 Å². The van der Waals surface area contributed by atoms with E-state index in [4.69, 9.17) is 17.2 Å². The van der Waals surface area contributed by atoms with E-state index in [1.807, 2.05) is 11.8 Å². The Morgan fingerprint density at radius 2 is 2.21 bits per heavy atom. The van der Waals surface area contributed by atoms with Crippen LogP contribution in [0.15, 0.2) is 0 Å². The summed E-state index contributed by atoms with van der Waals surface area (Å²) in [7, 11) is 0. The number of thioether (sulfide) groups is 2. The van der Waals surface area contributed by atoms with Crippen molar-refractivity contribution in [2.75, 3.05) is 18.1 Å². The fourth-order valence-electron chi connectivity index (χ4n) is 2.68. The molecule has 6 heteroatoms. The lowest BCUT2D eigenvalue weighted by Gasteiger charge is -2.30. The third kappa shape index (κ3) is 2.86. The summed E-state index contributed by atoms with van der Waals surface area (Å²) in [5.74, 6) is 3.58. The molecular weight excluding hydrogens is 294 g/mol. The Hall–Kier alpha value is -0.0400. The minimum absolute atomic E-state index is 0.477. The SMILES string of the molecule is CCC1SCCSC1c1nc(=S)c2c([nH]1)CCNC2. The van der Waals surface area contributed by atoms with Crippen LogP contribution in [0.3, 0.4) is 0 Å². The molecule has 1 aromatic heterocycles. The average molecular weight is 314 g/mol. The maximum Gasteiger partial charge on any atom is 0.134 e. The van der Waals surface area contributed by atoms with Gasteiger partial charge in [0.2, 0.25) is 0 Å². The molecule has 0 saturated carbocycles. The highest BCUT2D eigenvalue weighted by atomic mass is 32.2. The first kappa shape index (κ1) is 13.9. The summed E-state index contributed by atoms with van der Waals surface area (Å²) < 4.78 is 0.793. The summed E-state index contributed by atoms with van der Waals surface area (Å²) in [6.45, 7) is 4.17.